The lowest BCUT2D eigenvalue weighted by molar-refractivity contribution is 0.0690. The van der Waals surface area contributed by atoms with Gasteiger partial charge < -0.3 is 14.3 Å². The van der Waals surface area contributed by atoms with Crippen molar-refractivity contribution in [3.63, 3.8) is 0 Å². The van der Waals surface area contributed by atoms with Crippen LogP contribution in [0.4, 0.5) is 0 Å². The lowest BCUT2D eigenvalue weighted by Gasteiger charge is -2.20. The summed E-state index contributed by atoms with van der Waals surface area (Å²) in [6.45, 7) is 3.92. The molecule has 122 valence electrons. The van der Waals surface area contributed by atoms with Crippen LogP contribution in [0.15, 0.2) is 34.9 Å². The number of hydrogen-bond donors (Lipinski definition) is 1. The number of oxazole rings is 1. The molecule has 0 atom stereocenters. The van der Waals surface area contributed by atoms with Crippen LogP contribution in [0.1, 0.15) is 41.7 Å². The topological polar surface area (TPSA) is 75.8 Å². The molecule has 0 amide bonds. The number of ether oxygens (including phenoxy) is 1. The van der Waals surface area contributed by atoms with Gasteiger partial charge in [0.1, 0.15) is 12.0 Å². The second-order valence-electron chi connectivity index (χ2n) is 5.64. The van der Waals surface area contributed by atoms with Crippen LogP contribution >= 0.6 is 0 Å². The zero-order valence-corrected chi connectivity index (χ0v) is 13.1. The number of hydrogen-bond acceptors (Lipinski definition) is 5. The first-order chi connectivity index (χ1) is 11.2. The largest absolute Gasteiger partial charge is 0.494 e. The maximum absolute atomic E-state index is 10.9. The molecule has 1 saturated carbocycles. The zero-order valence-electron chi connectivity index (χ0n) is 13.1. The van der Waals surface area contributed by atoms with Crippen LogP contribution in [0.2, 0.25) is 0 Å². The predicted molar refractivity (Wildman–Crippen MR) is 83.3 cm³/mol. The molecule has 1 fully saturated rings. The number of aromatic nitrogens is 1. The standard InChI is InChI=1S/C17H20N2O4/c1-2-22-14-7-3-12(4-8-14)9-19(13-5-6-13)10-16-18-15(11-23-16)17(20)21/h3-4,7-8,11,13H,2,5-6,9-10H2,1H3,(H,20,21). The van der Waals surface area contributed by atoms with E-state index in [1.165, 1.54) is 11.8 Å². The van der Waals surface area contributed by atoms with Crippen molar-refractivity contribution in [3.05, 3.63) is 47.7 Å². The summed E-state index contributed by atoms with van der Waals surface area (Å²) in [6, 6.07) is 8.56. The number of benzene rings is 1. The van der Waals surface area contributed by atoms with Crippen LogP contribution in [0, 0.1) is 0 Å². The molecule has 0 aliphatic heterocycles. The van der Waals surface area contributed by atoms with E-state index in [-0.39, 0.29) is 5.69 Å². The smallest absolute Gasteiger partial charge is 0.357 e. The third-order valence-electron chi connectivity index (χ3n) is 3.79. The summed E-state index contributed by atoms with van der Waals surface area (Å²) in [5, 5.41) is 8.91. The minimum absolute atomic E-state index is 0.0446. The molecule has 0 spiro atoms. The highest BCUT2D eigenvalue weighted by Gasteiger charge is 2.30. The predicted octanol–water partition coefficient (Wildman–Crippen LogP) is 2.94. The fourth-order valence-electron chi connectivity index (χ4n) is 2.50. The Hall–Kier alpha value is -2.34. The van der Waals surface area contributed by atoms with Gasteiger partial charge in [-0.25, -0.2) is 9.78 Å². The van der Waals surface area contributed by atoms with Crippen LogP contribution in [0.3, 0.4) is 0 Å². The Morgan fingerprint density at radius 2 is 2.09 bits per heavy atom. The van der Waals surface area contributed by atoms with Crippen molar-refractivity contribution in [1.82, 2.24) is 9.88 Å². The summed E-state index contributed by atoms with van der Waals surface area (Å²) in [7, 11) is 0. The van der Waals surface area contributed by atoms with Gasteiger partial charge in [-0.05, 0) is 37.5 Å². The molecule has 23 heavy (non-hydrogen) atoms. The molecule has 0 unspecified atom stereocenters. The molecule has 1 aromatic heterocycles. The Morgan fingerprint density at radius 3 is 2.65 bits per heavy atom. The first kappa shape index (κ1) is 15.6. The molecule has 1 aliphatic carbocycles. The monoisotopic (exact) mass is 316 g/mol. The SMILES string of the molecule is CCOc1ccc(CN(Cc2nc(C(=O)O)co2)C2CC2)cc1. The van der Waals surface area contributed by atoms with Gasteiger partial charge in [-0.15, -0.1) is 0 Å². The average molecular weight is 316 g/mol. The maximum Gasteiger partial charge on any atom is 0.357 e. The van der Waals surface area contributed by atoms with Crippen molar-refractivity contribution in [1.29, 1.82) is 0 Å². The van der Waals surface area contributed by atoms with E-state index in [0.717, 1.165) is 25.1 Å². The van der Waals surface area contributed by atoms with Gasteiger partial charge in [-0.1, -0.05) is 12.1 Å². The molecule has 3 rings (SSSR count). The molecule has 6 heteroatoms. The van der Waals surface area contributed by atoms with E-state index in [2.05, 4.69) is 22.0 Å². The Morgan fingerprint density at radius 1 is 1.35 bits per heavy atom. The average Bonchev–Trinajstić information content (AvgIpc) is 3.28. The van der Waals surface area contributed by atoms with E-state index in [4.69, 9.17) is 14.3 Å². The van der Waals surface area contributed by atoms with E-state index in [0.29, 0.717) is 25.1 Å². The second-order valence-corrected chi connectivity index (χ2v) is 5.64. The van der Waals surface area contributed by atoms with Gasteiger partial charge in [0, 0.05) is 12.6 Å². The highest BCUT2D eigenvalue weighted by molar-refractivity contribution is 5.84. The molecular formula is C17H20N2O4. The van der Waals surface area contributed by atoms with Crippen molar-refractivity contribution >= 4 is 5.97 Å². The van der Waals surface area contributed by atoms with Crippen molar-refractivity contribution in [2.45, 2.75) is 38.9 Å². The number of aromatic carboxylic acids is 1. The third kappa shape index (κ3) is 4.10. The molecule has 1 aromatic carbocycles. The Kier molecular flexibility index (Phi) is 4.62. The van der Waals surface area contributed by atoms with Crippen LogP contribution < -0.4 is 4.74 Å². The number of nitrogens with zero attached hydrogens (tertiary/aromatic N) is 2. The highest BCUT2D eigenvalue weighted by Crippen LogP contribution is 2.30. The summed E-state index contributed by atoms with van der Waals surface area (Å²) >= 11 is 0. The Balaban J connectivity index is 1.65. The van der Waals surface area contributed by atoms with E-state index < -0.39 is 5.97 Å². The van der Waals surface area contributed by atoms with Gasteiger partial charge in [-0.3, -0.25) is 4.90 Å². The van der Waals surface area contributed by atoms with Crippen LogP contribution in [0.25, 0.3) is 0 Å². The van der Waals surface area contributed by atoms with Gasteiger partial charge in [0.2, 0.25) is 5.89 Å². The molecule has 1 heterocycles. The Labute approximate surface area is 134 Å². The van der Waals surface area contributed by atoms with Gasteiger partial charge in [-0.2, -0.15) is 0 Å². The summed E-state index contributed by atoms with van der Waals surface area (Å²) in [4.78, 5) is 17.2. The first-order valence-corrected chi connectivity index (χ1v) is 7.79. The van der Waals surface area contributed by atoms with Crippen molar-refractivity contribution in [2.75, 3.05) is 6.61 Å². The fourth-order valence-corrected chi connectivity index (χ4v) is 2.50. The summed E-state index contributed by atoms with van der Waals surface area (Å²) in [6.07, 6.45) is 3.51. The quantitative estimate of drug-likeness (QED) is 0.807. The molecule has 1 aliphatic rings. The van der Waals surface area contributed by atoms with Crippen molar-refractivity contribution in [3.8, 4) is 5.75 Å². The molecular weight excluding hydrogens is 296 g/mol. The summed E-state index contributed by atoms with van der Waals surface area (Å²) in [5.74, 6) is 0.248. The highest BCUT2D eigenvalue weighted by atomic mass is 16.5. The minimum atomic E-state index is -1.07. The van der Waals surface area contributed by atoms with Gasteiger partial charge >= 0.3 is 5.97 Å². The molecule has 0 saturated heterocycles. The third-order valence-corrected chi connectivity index (χ3v) is 3.79. The van der Waals surface area contributed by atoms with Gasteiger partial charge in [0.25, 0.3) is 0 Å². The number of carbonyl (C=O) groups is 1. The molecule has 2 aromatic rings. The maximum atomic E-state index is 10.9. The van der Waals surface area contributed by atoms with Gasteiger partial charge in [0.05, 0.1) is 13.2 Å². The number of carboxylic acid groups (broad SMARTS) is 1. The summed E-state index contributed by atoms with van der Waals surface area (Å²) in [5.41, 5.74) is 1.14. The van der Waals surface area contributed by atoms with Crippen LogP contribution in [-0.2, 0) is 13.1 Å². The lowest BCUT2D eigenvalue weighted by Crippen LogP contribution is -2.25. The lowest BCUT2D eigenvalue weighted by atomic mass is 10.2. The molecule has 6 nitrogen and oxygen atoms in total. The van der Waals surface area contributed by atoms with E-state index in [9.17, 15) is 4.79 Å². The summed E-state index contributed by atoms with van der Waals surface area (Å²) < 4.78 is 10.7. The van der Waals surface area contributed by atoms with Gasteiger partial charge in [0.15, 0.2) is 5.69 Å². The number of rotatable bonds is 8. The van der Waals surface area contributed by atoms with Crippen LogP contribution in [0.5, 0.6) is 5.75 Å². The van der Waals surface area contributed by atoms with Crippen molar-refractivity contribution < 1.29 is 19.1 Å². The fraction of sp³-hybridized carbons (Fsp3) is 0.412. The normalized spacial score (nSPS) is 14.2. The second kappa shape index (κ2) is 6.83. The molecule has 0 radical (unpaired) electrons. The first-order valence-electron chi connectivity index (χ1n) is 7.79. The van der Waals surface area contributed by atoms with Crippen LogP contribution in [-0.4, -0.2) is 33.6 Å². The number of carboxylic acids is 1. The molecule has 0 bridgehead atoms. The minimum Gasteiger partial charge on any atom is -0.494 e. The van der Waals surface area contributed by atoms with E-state index in [1.54, 1.807) is 0 Å². The van der Waals surface area contributed by atoms with Crippen molar-refractivity contribution in [2.24, 2.45) is 0 Å². The Bertz CT molecular complexity index is 661. The van der Waals surface area contributed by atoms with E-state index >= 15 is 0 Å². The zero-order chi connectivity index (χ0) is 16.2. The van der Waals surface area contributed by atoms with E-state index in [1.807, 2.05) is 19.1 Å². The molecule has 1 N–H and O–H groups in total.